The highest BCUT2D eigenvalue weighted by Crippen LogP contribution is 2.28. The average molecular weight is 555 g/mol. The Labute approximate surface area is 239 Å². The monoisotopic (exact) mass is 554 g/mol. The molecular weight excluding hydrogens is 492 g/mol. The third kappa shape index (κ3) is 14.4. The van der Waals surface area contributed by atoms with E-state index in [2.05, 4.69) is 34.6 Å². The molecule has 0 aliphatic carbocycles. The van der Waals surface area contributed by atoms with Gasteiger partial charge in [-0.1, -0.05) is 113 Å². The first kappa shape index (κ1) is 37.9. The molecule has 0 saturated heterocycles. The van der Waals surface area contributed by atoms with Crippen LogP contribution >= 0.6 is 0 Å². The molecule has 6 unspecified atom stereocenters. The van der Waals surface area contributed by atoms with E-state index >= 15 is 0 Å². The molecule has 6 heteroatoms. The van der Waals surface area contributed by atoms with E-state index < -0.39 is 41.1 Å². The lowest BCUT2D eigenvalue weighted by molar-refractivity contribution is -0.177. The third-order valence-corrected chi connectivity index (χ3v) is 8.25. The van der Waals surface area contributed by atoms with Crippen LogP contribution in [0.15, 0.2) is 0 Å². The van der Waals surface area contributed by atoms with E-state index in [4.69, 9.17) is 0 Å². The smallest absolute Gasteiger partial charge is 0.210 e. The Morgan fingerprint density at radius 3 is 1.59 bits per heavy atom. The third-order valence-electron chi connectivity index (χ3n) is 8.25. The average Bonchev–Trinajstić information content (AvgIpc) is 2.87. The quantitative estimate of drug-likeness (QED) is 0.0889. The summed E-state index contributed by atoms with van der Waals surface area (Å²) in [5.74, 6) is -1.19. The number of rotatable bonds is 24. The highest BCUT2D eigenvalue weighted by atomic mass is 16.4. The maximum absolute atomic E-state index is 13.4. The van der Waals surface area contributed by atoms with Crippen LogP contribution in [0.25, 0.3) is 0 Å². The molecular formula is C33H62O6. The fourth-order valence-corrected chi connectivity index (χ4v) is 5.20. The molecule has 0 amide bonds. The second-order valence-electron chi connectivity index (χ2n) is 13.2. The Bertz CT molecular complexity index is 702. The summed E-state index contributed by atoms with van der Waals surface area (Å²) in [6.45, 7) is 16.5. The second-order valence-corrected chi connectivity index (χ2v) is 13.2. The molecule has 6 atom stereocenters. The summed E-state index contributed by atoms with van der Waals surface area (Å²) in [4.78, 5) is 39.7. The normalized spacial score (nSPS) is 17.5. The molecule has 0 radical (unpaired) electrons. The van der Waals surface area contributed by atoms with Gasteiger partial charge in [0, 0.05) is 18.8 Å². The van der Waals surface area contributed by atoms with Gasteiger partial charge < -0.3 is 15.3 Å². The number of aliphatic hydroxyl groups is 3. The van der Waals surface area contributed by atoms with Crippen molar-refractivity contribution in [3.63, 3.8) is 0 Å². The zero-order chi connectivity index (χ0) is 30.2. The van der Waals surface area contributed by atoms with Crippen molar-refractivity contribution in [2.75, 3.05) is 0 Å². The molecule has 0 saturated carbocycles. The van der Waals surface area contributed by atoms with Gasteiger partial charge in [-0.2, -0.15) is 0 Å². The van der Waals surface area contributed by atoms with Gasteiger partial charge in [0.25, 0.3) is 0 Å². The Kier molecular flexibility index (Phi) is 19.3. The molecule has 0 spiro atoms. The van der Waals surface area contributed by atoms with Crippen LogP contribution in [-0.4, -0.2) is 50.5 Å². The minimum absolute atomic E-state index is 0.0263. The minimum atomic E-state index is -2.79. The molecule has 6 nitrogen and oxygen atoms in total. The first-order valence-electron chi connectivity index (χ1n) is 15.9. The van der Waals surface area contributed by atoms with Gasteiger partial charge >= 0.3 is 0 Å². The predicted molar refractivity (Wildman–Crippen MR) is 159 cm³/mol. The summed E-state index contributed by atoms with van der Waals surface area (Å²) in [5, 5.41) is 33.3. The summed E-state index contributed by atoms with van der Waals surface area (Å²) in [7, 11) is 0. The highest BCUT2D eigenvalue weighted by Gasteiger charge is 2.54. The Morgan fingerprint density at radius 1 is 0.641 bits per heavy atom. The molecule has 0 aliphatic rings. The molecule has 0 aromatic heterocycles. The lowest BCUT2D eigenvalue weighted by Crippen LogP contribution is -2.62. The summed E-state index contributed by atoms with van der Waals surface area (Å²) >= 11 is 0. The predicted octanol–water partition coefficient (Wildman–Crippen LogP) is 6.85. The second kappa shape index (κ2) is 19.9. The first-order valence-corrected chi connectivity index (χ1v) is 15.9. The minimum Gasteiger partial charge on any atom is -0.386 e. The van der Waals surface area contributed by atoms with Crippen molar-refractivity contribution in [3.8, 4) is 0 Å². The molecule has 0 aliphatic heterocycles. The van der Waals surface area contributed by atoms with Gasteiger partial charge in [0.2, 0.25) is 5.60 Å². The molecule has 0 aromatic rings. The van der Waals surface area contributed by atoms with Crippen LogP contribution in [0.4, 0.5) is 0 Å². The highest BCUT2D eigenvalue weighted by molar-refractivity contribution is 6.12. The molecule has 39 heavy (non-hydrogen) atoms. The zero-order valence-electron chi connectivity index (χ0n) is 26.5. The maximum Gasteiger partial charge on any atom is 0.210 e. The number of hydrogen-bond donors (Lipinski definition) is 3. The van der Waals surface area contributed by atoms with Gasteiger partial charge in [-0.3, -0.25) is 14.4 Å². The Morgan fingerprint density at radius 2 is 1.13 bits per heavy atom. The lowest BCUT2D eigenvalue weighted by Gasteiger charge is -2.34. The van der Waals surface area contributed by atoms with E-state index in [-0.39, 0.29) is 24.7 Å². The topological polar surface area (TPSA) is 112 Å². The van der Waals surface area contributed by atoms with E-state index in [1.807, 2.05) is 13.8 Å². The van der Waals surface area contributed by atoms with Crippen LogP contribution < -0.4 is 0 Å². The number of Topliss-reactive ketones (excluding diaryl/α,β-unsaturated/α-hetero) is 3. The Balaban J connectivity index is 5.48. The van der Waals surface area contributed by atoms with Crippen molar-refractivity contribution in [2.45, 2.75) is 163 Å². The number of aliphatic hydroxyl groups excluding tert-OH is 2. The fraction of sp³-hybridized carbons (Fsp3) is 0.909. The number of carbonyl (C=O) groups is 3. The van der Waals surface area contributed by atoms with E-state index in [0.29, 0.717) is 31.1 Å². The summed E-state index contributed by atoms with van der Waals surface area (Å²) < 4.78 is 0. The molecule has 0 bridgehead atoms. The van der Waals surface area contributed by atoms with E-state index in [1.165, 1.54) is 0 Å². The van der Waals surface area contributed by atoms with Crippen LogP contribution in [0, 0.1) is 29.6 Å². The van der Waals surface area contributed by atoms with Crippen LogP contribution in [0.2, 0.25) is 0 Å². The van der Waals surface area contributed by atoms with Gasteiger partial charge in [0.15, 0.2) is 17.3 Å². The van der Waals surface area contributed by atoms with Crippen LogP contribution in [0.3, 0.4) is 0 Å². The molecule has 0 aromatic carbocycles. The van der Waals surface area contributed by atoms with Gasteiger partial charge in [-0.05, 0) is 42.9 Å². The summed E-state index contributed by atoms with van der Waals surface area (Å²) in [6, 6.07) is 0. The summed E-state index contributed by atoms with van der Waals surface area (Å²) in [6.07, 6.45) is 6.11. The first-order chi connectivity index (χ1) is 18.2. The number of unbranched alkanes of at least 4 members (excludes halogenated alkanes) is 2. The standard InChI is InChI=1S/C33H62O6/c1-9-10-11-18-27(8)31(37)33(39,29(35)22-20-26(7)17-13-15-24(4)5)32(38)30(36)28(34)21-19-25(6)16-12-14-23(2)3/h23-27,30,32,36,38-39H,9-22H2,1-8H3. The largest absolute Gasteiger partial charge is 0.386 e. The maximum atomic E-state index is 13.4. The zero-order valence-corrected chi connectivity index (χ0v) is 26.5. The fourth-order valence-electron chi connectivity index (χ4n) is 5.20. The Hall–Kier alpha value is -1.11. The van der Waals surface area contributed by atoms with Crippen LogP contribution in [0.5, 0.6) is 0 Å². The number of ketones is 3. The molecule has 0 fully saturated rings. The van der Waals surface area contributed by atoms with E-state index in [0.717, 1.165) is 57.8 Å². The van der Waals surface area contributed by atoms with Crippen molar-refractivity contribution in [1.82, 2.24) is 0 Å². The van der Waals surface area contributed by atoms with E-state index in [9.17, 15) is 29.7 Å². The van der Waals surface area contributed by atoms with Gasteiger partial charge in [0.05, 0.1) is 0 Å². The van der Waals surface area contributed by atoms with Gasteiger partial charge in [0.1, 0.15) is 12.2 Å². The summed E-state index contributed by atoms with van der Waals surface area (Å²) in [5.41, 5.74) is -2.79. The number of hydrogen-bond acceptors (Lipinski definition) is 6. The van der Waals surface area contributed by atoms with Gasteiger partial charge in [-0.15, -0.1) is 0 Å². The number of carbonyl (C=O) groups excluding carboxylic acids is 3. The molecule has 3 N–H and O–H groups in total. The van der Waals surface area contributed by atoms with Crippen molar-refractivity contribution in [1.29, 1.82) is 0 Å². The van der Waals surface area contributed by atoms with Crippen LogP contribution in [0.1, 0.15) is 145 Å². The van der Waals surface area contributed by atoms with Crippen molar-refractivity contribution < 1.29 is 29.7 Å². The van der Waals surface area contributed by atoms with Gasteiger partial charge in [-0.25, -0.2) is 0 Å². The molecule has 0 heterocycles. The molecule has 0 rings (SSSR count). The van der Waals surface area contributed by atoms with Crippen molar-refractivity contribution >= 4 is 17.3 Å². The van der Waals surface area contributed by atoms with E-state index in [1.54, 1.807) is 6.92 Å². The van der Waals surface area contributed by atoms with Crippen LogP contribution in [-0.2, 0) is 14.4 Å². The SMILES string of the molecule is CCCCCC(C)C(=O)C(O)(C(=O)CCC(C)CCCC(C)C)C(O)C(O)C(=O)CCC(C)CCCC(C)C. The lowest BCUT2D eigenvalue weighted by atomic mass is 9.75. The van der Waals surface area contributed by atoms with Crippen molar-refractivity contribution in [2.24, 2.45) is 29.6 Å². The molecule has 230 valence electrons. The van der Waals surface area contributed by atoms with Crippen molar-refractivity contribution in [3.05, 3.63) is 0 Å².